The third-order valence-corrected chi connectivity index (χ3v) is 6.05. The van der Waals surface area contributed by atoms with Crippen LogP contribution < -0.4 is 0 Å². The second-order valence-electron chi connectivity index (χ2n) is 6.76. The summed E-state index contributed by atoms with van der Waals surface area (Å²) in [4.78, 5) is 26.2. The van der Waals surface area contributed by atoms with Gasteiger partial charge in [-0.05, 0) is 42.8 Å². The molecule has 1 atom stereocenters. The number of hydrogen-bond acceptors (Lipinski definition) is 5. The van der Waals surface area contributed by atoms with Gasteiger partial charge < -0.3 is 0 Å². The fourth-order valence-electron chi connectivity index (χ4n) is 3.25. The van der Waals surface area contributed by atoms with E-state index in [0.29, 0.717) is 11.6 Å². The van der Waals surface area contributed by atoms with Crippen molar-refractivity contribution in [3.63, 3.8) is 0 Å². The van der Waals surface area contributed by atoms with Crippen molar-refractivity contribution in [2.75, 3.05) is 5.75 Å². The van der Waals surface area contributed by atoms with Crippen LogP contribution in [0.2, 0.25) is 0 Å². The highest BCUT2D eigenvalue weighted by molar-refractivity contribution is 7.85. The molecule has 29 heavy (non-hydrogen) atoms. The van der Waals surface area contributed by atoms with Crippen LogP contribution in [0.1, 0.15) is 24.2 Å². The van der Waals surface area contributed by atoms with Crippen molar-refractivity contribution >= 4 is 27.6 Å². The van der Waals surface area contributed by atoms with E-state index in [9.17, 15) is 9.00 Å². The van der Waals surface area contributed by atoms with Crippen molar-refractivity contribution in [3.8, 4) is 22.6 Å². The number of pyridine rings is 1. The summed E-state index contributed by atoms with van der Waals surface area (Å²) in [6, 6.07) is 9.41. The van der Waals surface area contributed by atoms with Gasteiger partial charge in [0.1, 0.15) is 0 Å². The van der Waals surface area contributed by atoms with Crippen molar-refractivity contribution < 1.29 is 9.00 Å². The molecule has 1 aromatic carbocycles. The third kappa shape index (κ3) is 3.61. The molecular formula is C22H20N4O2S. The maximum atomic E-state index is 12.3. The molecule has 0 saturated heterocycles. The standard InChI is InChI=1S/C22H20N4O2S/c1-4-29(28)17-5-6-21-18(10-17)19(13-26(21)15(3)27)22-24-11-16(12-25-22)20-9-14(2)7-8-23-20/h5-13H,4H2,1-3H3. The zero-order valence-electron chi connectivity index (χ0n) is 16.4. The van der Waals surface area contributed by atoms with Gasteiger partial charge in [-0.2, -0.15) is 0 Å². The lowest BCUT2D eigenvalue weighted by molar-refractivity contribution is 0.0941. The molecule has 3 heterocycles. The quantitative estimate of drug-likeness (QED) is 0.508. The van der Waals surface area contributed by atoms with E-state index in [-0.39, 0.29) is 5.91 Å². The number of benzene rings is 1. The molecule has 0 aliphatic carbocycles. The molecule has 0 radical (unpaired) electrons. The number of nitrogens with zero attached hydrogens (tertiary/aromatic N) is 4. The molecule has 3 aromatic heterocycles. The number of rotatable bonds is 4. The highest BCUT2D eigenvalue weighted by Gasteiger charge is 2.16. The highest BCUT2D eigenvalue weighted by Crippen LogP contribution is 2.31. The Morgan fingerprint density at radius 3 is 2.52 bits per heavy atom. The molecule has 0 N–H and O–H groups in total. The van der Waals surface area contributed by atoms with E-state index in [1.54, 1.807) is 35.4 Å². The van der Waals surface area contributed by atoms with Crippen molar-refractivity contribution in [1.29, 1.82) is 0 Å². The molecule has 0 aliphatic rings. The molecule has 0 aliphatic heterocycles. The molecule has 6 nitrogen and oxygen atoms in total. The predicted octanol–water partition coefficient (Wildman–Crippen LogP) is 4.26. The maximum absolute atomic E-state index is 12.3. The zero-order chi connectivity index (χ0) is 20.5. The average molecular weight is 404 g/mol. The fourth-order valence-corrected chi connectivity index (χ4v) is 4.05. The topological polar surface area (TPSA) is 77.7 Å². The van der Waals surface area contributed by atoms with Crippen LogP contribution in [0.3, 0.4) is 0 Å². The van der Waals surface area contributed by atoms with Gasteiger partial charge in [-0.3, -0.25) is 18.6 Å². The first kappa shape index (κ1) is 19.1. The molecular weight excluding hydrogens is 384 g/mol. The summed E-state index contributed by atoms with van der Waals surface area (Å²) in [7, 11) is -1.09. The van der Waals surface area contributed by atoms with E-state index in [0.717, 1.165) is 38.2 Å². The number of aryl methyl sites for hydroxylation is 1. The second-order valence-corrected chi connectivity index (χ2v) is 8.50. The van der Waals surface area contributed by atoms with E-state index in [2.05, 4.69) is 15.0 Å². The lowest BCUT2D eigenvalue weighted by Crippen LogP contribution is -2.03. The molecule has 4 aromatic rings. The molecule has 7 heteroatoms. The predicted molar refractivity (Wildman–Crippen MR) is 114 cm³/mol. The SMILES string of the molecule is CCS(=O)c1ccc2c(c1)c(-c1ncc(-c3cc(C)ccn3)cn1)cn2C(C)=O. The number of carbonyl (C=O) groups excluding carboxylic acids is 1. The van der Waals surface area contributed by atoms with Gasteiger partial charge in [0.25, 0.3) is 0 Å². The molecule has 1 unspecified atom stereocenters. The van der Waals surface area contributed by atoms with Gasteiger partial charge >= 0.3 is 0 Å². The number of carbonyl (C=O) groups is 1. The van der Waals surface area contributed by atoms with Gasteiger partial charge in [0.2, 0.25) is 5.91 Å². The first-order chi connectivity index (χ1) is 14.0. The Hall–Kier alpha value is -3.19. The lowest BCUT2D eigenvalue weighted by Gasteiger charge is -2.04. The summed E-state index contributed by atoms with van der Waals surface area (Å²) < 4.78 is 13.8. The van der Waals surface area contributed by atoms with Crippen molar-refractivity contribution in [2.45, 2.75) is 25.7 Å². The number of hydrogen-bond donors (Lipinski definition) is 0. The first-order valence-electron chi connectivity index (χ1n) is 9.27. The molecule has 0 fully saturated rings. The van der Waals surface area contributed by atoms with Crippen molar-refractivity contribution in [2.24, 2.45) is 0 Å². The summed E-state index contributed by atoms with van der Waals surface area (Å²) in [5.74, 6) is 0.931. The Morgan fingerprint density at radius 1 is 1.10 bits per heavy atom. The van der Waals surface area contributed by atoms with Crippen LogP contribution in [0.15, 0.2) is 60.0 Å². The Kier molecular flexibility index (Phi) is 5.07. The summed E-state index contributed by atoms with van der Waals surface area (Å²) in [6.07, 6.45) is 6.96. The number of aromatic nitrogens is 4. The van der Waals surface area contributed by atoms with Crippen molar-refractivity contribution in [3.05, 3.63) is 60.7 Å². The van der Waals surface area contributed by atoms with E-state index in [1.807, 2.05) is 38.1 Å². The maximum Gasteiger partial charge on any atom is 0.227 e. The summed E-state index contributed by atoms with van der Waals surface area (Å²) >= 11 is 0. The van der Waals surface area contributed by atoms with Crippen LogP contribution in [-0.4, -0.2) is 35.4 Å². The second kappa shape index (κ2) is 7.67. The minimum atomic E-state index is -1.09. The van der Waals surface area contributed by atoms with Crippen LogP contribution >= 0.6 is 0 Å². The van der Waals surface area contributed by atoms with Crippen LogP contribution in [0, 0.1) is 6.92 Å². The minimum Gasteiger partial charge on any atom is -0.287 e. The molecule has 0 saturated carbocycles. The van der Waals surface area contributed by atoms with E-state index < -0.39 is 10.8 Å². The molecule has 4 rings (SSSR count). The van der Waals surface area contributed by atoms with Gasteiger partial charge in [-0.25, -0.2) is 9.97 Å². The normalized spacial score (nSPS) is 12.2. The average Bonchev–Trinajstić information content (AvgIpc) is 3.12. The van der Waals surface area contributed by atoms with Gasteiger partial charge in [-0.15, -0.1) is 0 Å². The third-order valence-electron chi connectivity index (χ3n) is 4.74. The first-order valence-corrected chi connectivity index (χ1v) is 10.6. The highest BCUT2D eigenvalue weighted by atomic mass is 32.2. The van der Waals surface area contributed by atoms with Gasteiger partial charge in [-0.1, -0.05) is 6.92 Å². The van der Waals surface area contributed by atoms with Gasteiger partial charge in [0.05, 0.1) is 22.0 Å². The summed E-state index contributed by atoms with van der Waals surface area (Å²) in [5.41, 5.74) is 4.22. The Morgan fingerprint density at radius 2 is 1.86 bits per heavy atom. The molecule has 0 bridgehead atoms. The van der Waals surface area contributed by atoms with E-state index >= 15 is 0 Å². The fraction of sp³-hybridized carbons (Fsp3) is 0.182. The van der Waals surface area contributed by atoms with Crippen LogP contribution in [-0.2, 0) is 10.8 Å². The zero-order valence-corrected chi connectivity index (χ0v) is 17.2. The molecule has 146 valence electrons. The van der Waals surface area contributed by atoms with Gasteiger partial charge in [0.15, 0.2) is 5.82 Å². The Labute approximate surface area is 171 Å². The summed E-state index contributed by atoms with van der Waals surface area (Å²) in [6.45, 7) is 5.40. The Bertz CT molecular complexity index is 1250. The molecule has 0 amide bonds. The largest absolute Gasteiger partial charge is 0.287 e. The Balaban J connectivity index is 1.84. The minimum absolute atomic E-state index is 0.105. The molecule has 0 spiro atoms. The van der Waals surface area contributed by atoms with Crippen LogP contribution in [0.25, 0.3) is 33.5 Å². The van der Waals surface area contributed by atoms with Crippen LogP contribution in [0.5, 0.6) is 0 Å². The van der Waals surface area contributed by atoms with E-state index in [4.69, 9.17) is 0 Å². The smallest absolute Gasteiger partial charge is 0.227 e. The number of fused-ring (bicyclic) bond motifs is 1. The summed E-state index contributed by atoms with van der Waals surface area (Å²) in [5, 5.41) is 0.806. The van der Waals surface area contributed by atoms with Crippen molar-refractivity contribution in [1.82, 2.24) is 19.5 Å². The lowest BCUT2D eigenvalue weighted by atomic mass is 10.1. The van der Waals surface area contributed by atoms with Gasteiger partial charge in [0, 0.05) is 58.9 Å². The monoisotopic (exact) mass is 404 g/mol. The van der Waals surface area contributed by atoms with E-state index in [1.165, 1.54) is 6.92 Å². The van der Waals surface area contributed by atoms with Crippen LogP contribution in [0.4, 0.5) is 0 Å².